The first-order valence-corrected chi connectivity index (χ1v) is 12.2. The molecule has 36 heavy (non-hydrogen) atoms. The number of rotatable bonds is 9. The molecule has 1 aliphatic carbocycles. The highest BCUT2D eigenvalue weighted by Gasteiger charge is 2.26. The third-order valence-electron chi connectivity index (χ3n) is 6.02. The predicted molar refractivity (Wildman–Crippen MR) is 143 cm³/mol. The zero-order valence-corrected chi connectivity index (χ0v) is 21.4. The molecule has 1 saturated carbocycles. The first-order chi connectivity index (χ1) is 17.4. The summed E-state index contributed by atoms with van der Waals surface area (Å²) >= 11 is 0. The maximum Gasteiger partial charge on any atom is 0.257 e. The quantitative estimate of drug-likeness (QED) is 0.176. The fourth-order valence-corrected chi connectivity index (χ4v) is 4.33. The van der Waals surface area contributed by atoms with E-state index in [0.29, 0.717) is 45.4 Å². The highest BCUT2D eigenvalue weighted by Crippen LogP contribution is 2.39. The first kappa shape index (κ1) is 25.6. The Labute approximate surface area is 212 Å². The van der Waals surface area contributed by atoms with Crippen LogP contribution < -0.4 is 10.6 Å². The molecule has 2 aromatic heterocycles. The lowest BCUT2D eigenvalue weighted by Crippen LogP contribution is -2.37. The topological polar surface area (TPSA) is 128 Å². The second kappa shape index (κ2) is 11.1. The first-order valence-electron chi connectivity index (χ1n) is 11.6. The number of carbonyl (C=O) groups excluding carboxylic acids is 1. The van der Waals surface area contributed by atoms with Crippen molar-refractivity contribution in [1.29, 1.82) is 0 Å². The van der Waals surface area contributed by atoms with Crippen LogP contribution in [0.25, 0.3) is 5.69 Å². The molecule has 0 spiro atoms. The summed E-state index contributed by atoms with van der Waals surface area (Å²) in [4.78, 5) is 26.6. The number of hydrogen-bond donors (Lipinski definition) is 3. The van der Waals surface area contributed by atoms with Gasteiger partial charge >= 0.3 is 0 Å². The predicted octanol–water partition coefficient (Wildman–Crippen LogP) is 2.06. The second-order valence-electron chi connectivity index (χ2n) is 8.63. The molecule has 0 aliphatic heterocycles. The molecule has 3 aromatic rings. The van der Waals surface area contributed by atoms with E-state index in [1.807, 2.05) is 10.8 Å². The van der Waals surface area contributed by atoms with Crippen molar-refractivity contribution in [2.45, 2.75) is 38.3 Å². The van der Waals surface area contributed by atoms with Gasteiger partial charge in [0, 0.05) is 37.0 Å². The van der Waals surface area contributed by atoms with E-state index in [4.69, 9.17) is 0 Å². The Morgan fingerprint density at radius 3 is 2.78 bits per heavy atom. The maximum atomic E-state index is 13.3. The SMILES string of the molecule is C=NN(C(=NC)c1cccc(NC(=O)c2cc(-n3cnc(C4CC4)c3)c(CO)cc2P)n1)C(C)CO. The number of nitrogens with one attached hydrogen (secondary N) is 1. The largest absolute Gasteiger partial charge is 0.394 e. The number of carbonyl (C=O) groups is 1. The minimum Gasteiger partial charge on any atom is -0.394 e. The molecule has 3 N–H and O–H groups in total. The van der Waals surface area contributed by atoms with Crippen LogP contribution in [0.5, 0.6) is 0 Å². The molecule has 1 fully saturated rings. The molecule has 2 atom stereocenters. The van der Waals surface area contributed by atoms with Crippen LogP contribution >= 0.6 is 9.24 Å². The fourth-order valence-electron chi connectivity index (χ4n) is 3.91. The number of hydrogen-bond acceptors (Lipinski definition) is 7. The van der Waals surface area contributed by atoms with E-state index in [2.05, 4.69) is 41.3 Å². The van der Waals surface area contributed by atoms with Crippen molar-refractivity contribution < 1.29 is 15.0 Å². The summed E-state index contributed by atoms with van der Waals surface area (Å²) in [7, 11) is 4.15. The van der Waals surface area contributed by atoms with E-state index in [0.717, 1.165) is 18.5 Å². The number of amidine groups is 1. The maximum absolute atomic E-state index is 13.3. The van der Waals surface area contributed by atoms with Crippen molar-refractivity contribution >= 4 is 38.8 Å². The molecule has 0 saturated heterocycles. The van der Waals surface area contributed by atoms with Gasteiger partial charge in [-0.25, -0.2) is 15.0 Å². The highest BCUT2D eigenvalue weighted by atomic mass is 31.0. The summed E-state index contributed by atoms with van der Waals surface area (Å²) in [5, 5.41) is 28.4. The number of imidazole rings is 1. The standard InChI is InChI=1S/C25H30N7O3P/c1-15(12-33)32(27-3)24(26-2)19-5-4-6-23(29-19)30-25(35)18-10-21(17(13-34)9-22(18)36)31-11-20(28-14-31)16-7-8-16/h4-6,9-11,14-16,33-34H,3,7-8,12-13,36H2,1-2H3,(H,29,30,35). The van der Waals surface area contributed by atoms with Crippen LogP contribution in [-0.4, -0.2) is 67.9 Å². The van der Waals surface area contributed by atoms with Crippen molar-refractivity contribution in [2.24, 2.45) is 10.1 Å². The Hall–Kier alpha value is -3.46. The molecule has 2 unspecified atom stereocenters. The molecule has 1 aromatic carbocycles. The molecule has 188 valence electrons. The van der Waals surface area contributed by atoms with Crippen LogP contribution in [0.3, 0.4) is 0 Å². The van der Waals surface area contributed by atoms with E-state index in [1.54, 1.807) is 50.6 Å². The van der Waals surface area contributed by atoms with Crippen molar-refractivity contribution in [3.8, 4) is 5.69 Å². The van der Waals surface area contributed by atoms with Crippen molar-refractivity contribution in [1.82, 2.24) is 19.5 Å². The second-order valence-corrected chi connectivity index (χ2v) is 9.26. The monoisotopic (exact) mass is 507 g/mol. The average Bonchev–Trinajstić information content (AvgIpc) is 3.63. The van der Waals surface area contributed by atoms with E-state index in [9.17, 15) is 15.0 Å². The van der Waals surface area contributed by atoms with Crippen LogP contribution in [0.4, 0.5) is 5.82 Å². The Kier molecular flexibility index (Phi) is 7.88. The molecule has 2 heterocycles. The average molecular weight is 508 g/mol. The lowest BCUT2D eigenvalue weighted by atomic mass is 10.1. The summed E-state index contributed by atoms with van der Waals surface area (Å²) in [6, 6.07) is 8.34. The van der Waals surface area contributed by atoms with Gasteiger partial charge in [0.1, 0.15) is 11.5 Å². The summed E-state index contributed by atoms with van der Waals surface area (Å²) in [5.41, 5.74) is 3.30. The van der Waals surface area contributed by atoms with Crippen molar-refractivity contribution in [2.75, 3.05) is 19.0 Å². The number of benzene rings is 1. The van der Waals surface area contributed by atoms with Gasteiger partial charge in [-0.1, -0.05) is 6.07 Å². The van der Waals surface area contributed by atoms with Gasteiger partial charge in [-0.2, -0.15) is 5.10 Å². The number of amides is 1. The lowest BCUT2D eigenvalue weighted by Gasteiger charge is -2.25. The molecule has 0 radical (unpaired) electrons. The zero-order valence-electron chi connectivity index (χ0n) is 20.3. The van der Waals surface area contributed by atoms with Crippen LogP contribution in [0.1, 0.15) is 53.0 Å². The smallest absolute Gasteiger partial charge is 0.257 e. The summed E-state index contributed by atoms with van der Waals surface area (Å²) < 4.78 is 1.85. The van der Waals surface area contributed by atoms with Gasteiger partial charge in [0.2, 0.25) is 0 Å². The fraction of sp³-hybridized carbons (Fsp3) is 0.320. The van der Waals surface area contributed by atoms with Crippen LogP contribution in [0, 0.1) is 0 Å². The Bertz CT molecular complexity index is 1300. The van der Waals surface area contributed by atoms with Crippen LogP contribution in [0.2, 0.25) is 0 Å². The van der Waals surface area contributed by atoms with Crippen molar-refractivity contribution in [3.05, 3.63) is 65.4 Å². The number of hydrazone groups is 1. The molecule has 1 aliphatic rings. The van der Waals surface area contributed by atoms with E-state index >= 15 is 0 Å². The number of pyridine rings is 1. The van der Waals surface area contributed by atoms with Gasteiger partial charge < -0.3 is 20.1 Å². The van der Waals surface area contributed by atoms with E-state index in [-0.39, 0.29) is 25.2 Å². The van der Waals surface area contributed by atoms with E-state index in [1.165, 1.54) is 5.01 Å². The molecule has 1 amide bonds. The van der Waals surface area contributed by atoms with E-state index < -0.39 is 0 Å². The van der Waals surface area contributed by atoms with Crippen molar-refractivity contribution in [3.63, 3.8) is 0 Å². The molecule has 10 nitrogen and oxygen atoms in total. The van der Waals surface area contributed by atoms with Gasteiger partial charge in [0.25, 0.3) is 5.91 Å². The number of aliphatic hydroxyl groups excluding tert-OH is 2. The number of aromatic nitrogens is 3. The summed E-state index contributed by atoms with van der Waals surface area (Å²) in [6.07, 6.45) is 5.95. The lowest BCUT2D eigenvalue weighted by molar-refractivity contribution is 0.102. The molecule has 11 heteroatoms. The van der Waals surface area contributed by atoms with Gasteiger partial charge in [-0.05, 0) is 49.3 Å². The Morgan fingerprint density at radius 2 is 2.14 bits per heavy atom. The summed E-state index contributed by atoms with van der Waals surface area (Å²) in [6.45, 7) is 5.04. The van der Waals surface area contributed by atoms with Gasteiger partial charge in [0.05, 0.1) is 37.0 Å². The third kappa shape index (κ3) is 5.36. The van der Waals surface area contributed by atoms with Crippen LogP contribution in [-0.2, 0) is 6.61 Å². The number of anilines is 1. The molecular weight excluding hydrogens is 477 g/mol. The Morgan fingerprint density at radius 1 is 1.36 bits per heavy atom. The number of aliphatic hydroxyl groups is 2. The zero-order chi connectivity index (χ0) is 25.8. The minimum absolute atomic E-state index is 0.142. The summed E-state index contributed by atoms with van der Waals surface area (Å²) in [5.74, 6) is 0.885. The molecule has 0 bridgehead atoms. The molecule has 4 rings (SSSR count). The third-order valence-corrected chi connectivity index (χ3v) is 6.50. The number of aliphatic imine (C=N–C) groups is 1. The Balaban J connectivity index is 1.62. The highest BCUT2D eigenvalue weighted by molar-refractivity contribution is 7.27. The normalized spacial score (nSPS) is 14.4. The number of nitrogens with zero attached hydrogens (tertiary/aromatic N) is 6. The van der Waals surface area contributed by atoms with Crippen LogP contribution in [0.15, 0.2) is 52.9 Å². The minimum atomic E-state index is -0.354. The van der Waals surface area contributed by atoms with Gasteiger partial charge in [-0.15, -0.1) is 9.24 Å². The van der Waals surface area contributed by atoms with Gasteiger partial charge in [-0.3, -0.25) is 9.79 Å². The molecular formula is C25H30N7O3P. The van der Waals surface area contributed by atoms with Gasteiger partial charge in [0.15, 0.2) is 5.84 Å².